The molecule has 0 bridgehead atoms. The van der Waals surface area contributed by atoms with Crippen molar-refractivity contribution in [3.63, 3.8) is 0 Å². The number of nitrogens with zero attached hydrogens (tertiary/aromatic N) is 1. The van der Waals surface area contributed by atoms with Crippen LogP contribution in [0.2, 0.25) is 0 Å². The molecule has 2 heterocycles. The topological polar surface area (TPSA) is 73.0 Å². The molecule has 1 fully saturated rings. The van der Waals surface area contributed by atoms with Gasteiger partial charge in [-0.25, -0.2) is 4.79 Å². The van der Waals surface area contributed by atoms with Crippen molar-refractivity contribution in [3.8, 4) is 0 Å². The van der Waals surface area contributed by atoms with Gasteiger partial charge in [-0.3, -0.25) is 4.57 Å². The Kier molecular flexibility index (Phi) is 2.33. The molecule has 14 heavy (non-hydrogen) atoms. The highest BCUT2D eigenvalue weighted by atomic mass is 16.5. The number of imidazole rings is 1. The quantitative estimate of drug-likeness (QED) is 0.713. The summed E-state index contributed by atoms with van der Waals surface area (Å²) in [6.07, 6.45) is 2.23. The Bertz CT molecular complexity index is 374. The van der Waals surface area contributed by atoms with E-state index in [0.717, 1.165) is 25.1 Å². The number of ether oxygens (including phenoxy) is 1. The van der Waals surface area contributed by atoms with Crippen molar-refractivity contribution < 1.29 is 4.74 Å². The third kappa shape index (κ3) is 1.55. The van der Waals surface area contributed by atoms with Gasteiger partial charge in [0.15, 0.2) is 0 Å². The van der Waals surface area contributed by atoms with E-state index in [4.69, 9.17) is 10.5 Å². The van der Waals surface area contributed by atoms with Crippen LogP contribution in [0.1, 0.15) is 18.5 Å². The number of nitrogen functional groups attached to an aromatic ring is 1. The fourth-order valence-corrected chi connectivity index (χ4v) is 1.78. The lowest BCUT2D eigenvalue weighted by atomic mass is 10.2. The Morgan fingerprint density at radius 3 is 3.00 bits per heavy atom. The molecule has 5 nitrogen and oxygen atoms in total. The van der Waals surface area contributed by atoms with Gasteiger partial charge in [0.1, 0.15) is 5.82 Å². The van der Waals surface area contributed by atoms with Gasteiger partial charge in [0.25, 0.3) is 0 Å². The van der Waals surface area contributed by atoms with E-state index in [1.807, 2.05) is 0 Å². The van der Waals surface area contributed by atoms with E-state index in [2.05, 4.69) is 4.98 Å². The molecule has 0 aliphatic carbocycles. The minimum Gasteiger partial charge on any atom is -0.384 e. The summed E-state index contributed by atoms with van der Waals surface area (Å²) in [4.78, 5) is 14.1. The molecule has 1 aliphatic rings. The van der Waals surface area contributed by atoms with Crippen LogP contribution in [0.25, 0.3) is 0 Å². The fourth-order valence-electron chi connectivity index (χ4n) is 1.78. The second-order valence-electron chi connectivity index (χ2n) is 3.69. The normalized spacial score (nSPS) is 21.6. The van der Waals surface area contributed by atoms with E-state index in [0.29, 0.717) is 12.4 Å². The molecule has 5 heteroatoms. The summed E-state index contributed by atoms with van der Waals surface area (Å²) in [6, 6.07) is 0. The fraction of sp³-hybridized carbons (Fsp3) is 0.667. The summed E-state index contributed by atoms with van der Waals surface area (Å²) in [6.45, 7) is 3.15. The van der Waals surface area contributed by atoms with E-state index in [-0.39, 0.29) is 11.8 Å². The number of aryl methyl sites for hydroxylation is 1. The van der Waals surface area contributed by atoms with Crippen molar-refractivity contribution in [3.05, 3.63) is 16.2 Å². The van der Waals surface area contributed by atoms with Gasteiger partial charge < -0.3 is 15.5 Å². The standard InChI is InChI=1S/C9H15N3O2/c1-6-8(10)12(9(13)11-6)5-7-3-2-4-14-7/h7H,2-5,10H2,1H3,(H,11,13). The molecular weight excluding hydrogens is 182 g/mol. The second kappa shape index (κ2) is 3.49. The van der Waals surface area contributed by atoms with Crippen LogP contribution >= 0.6 is 0 Å². The first-order valence-electron chi connectivity index (χ1n) is 4.85. The summed E-state index contributed by atoms with van der Waals surface area (Å²) >= 11 is 0. The molecule has 1 aromatic heterocycles. The van der Waals surface area contributed by atoms with Gasteiger partial charge in [-0.05, 0) is 19.8 Å². The number of H-pyrrole nitrogens is 1. The highest BCUT2D eigenvalue weighted by molar-refractivity contribution is 5.34. The van der Waals surface area contributed by atoms with Gasteiger partial charge in [-0.2, -0.15) is 0 Å². The van der Waals surface area contributed by atoms with Crippen LogP contribution in [0.4, 0.5) is 5.82 Å². The van der Waals surface area contributed by atoms with Crippen molar-refractivity contribution in [2.75, 3.05) is 12.3 Å². The minimum atomic E-state index is -0.143. The average molecular weight is 197 g/mol. The lowest BCUT2D eigenvalue weighted by Gasteiger charge is -2.10. The van der Waals surface area contributed by atoms with Crippen molar-refractivity contribution in [1.29, 1.82) is 0 Å². The summed E-state index contributed by atoms with van der Waals surface area (Å²) in [7, 11) is 0. The first kappa shape index (κ1) is 9.33. The largest absolute Gasteiger partial charge is 0.384 e. The number of aromatic amines is 1. The molecule has 2 rings (SSSR count). The number of anilines is 1. The summed E-state index contributed by atoms with van der Waals surface area (Å²) in [5.41, 5.74) is 6.34. The number of nitrogens with two attached hydrogens (primary N) is 1. The van der Waals surface area contributed by atoms with Crippen LogP contribution in [-0.2, 0) is 11.3 Å². The second-order valence-corrected chi connectivity index (χ2v) is 3.69. The summed E-state index contributed by atoms with van der Waals surface area (Å²) < 4.78 is 6.99. The zero-order chi connectivity index (χ0) is 10.1. The highest BCUT2D eigenvalue weighted by Crippen LogP contribution is 2.15. The summed E-state index contributed by atoms with van der Waals surface area (Å²) in [5, 5.41) is 0. The highest BCUT2D eigenvalue weighted by Gasteiger charge is 2.18. The van der Waals surface area contributed by atoms with Crippen molar-refractivity contribution in [2.24, 2.45) is 0 Å². The van der Waals surface area contributed by atoms with E-state index in [1.165, 1.54) is 0 Å². The molecule has 1 aromatic rings. The van der Waals surface area contributed by atoms with Crippen LogP contribution in [0.15, 0.2) is 4.79 Å². The number of rotatable bonds is 2. The molecule has 0 spiro atoms. The van der Waals surface area contributed by atoms with Crippen LogP contribution in [0.5, 0.6) is 0 Å². The molecule has 0 amide bonds. The molecule has 0 saturated carbocycles. The molecular formula is C9H15N3O2. The number of nitrogens with one attached hydrogen (secondary N) is 1. The molecule has 1 atom stereocenters. The molecule has 1 aliphatic heterocycles. The van der Waals surface area contributed by atoms with Gasteiger partial charge in [0.2, 0.25) is 0 Å². The maximum atomic E-state index is 11.4. The Labute approximate surface area is 81.9 Å². The van der Waals surface area contributed by atoms with Crippen molar-refractivity contribution in [1.82, 2.24) is 9.55 Å². The number of hydrogen-bond donors (Lipinski definition) is 2. The van der Waals surface area contributed by atoms with Crippen molar-refractivity contribution >= 4 is 5.82 Å². The van der Waals surface area contributed by atoms with Crippen LogP contribution in [0.3, 0.4) is 0 Å². The van der Waals surface area contributed by atoms with E-state index < -0.39 is 0 Å². The third-order valence-corrected chi connectivity index (χ3v) is 2.62. The molecule has 0 aromatic carbocycles. The molecule has 0 radical (unpaired) electrons. The Hall–Kier alpha value is -1.23. The van der Waals surface area contributed by atoms with Gasteiger partial charge in [0, 0.05) is 6.61 Å². The Morgan fingerprint density at radius 1 is 1.71 bits per heavy atom. The monoisotopic (exact) mass is 197 g/mol. The lowest BCUT2D eigenvalue weighted by molar-refractivity contribution is 0.0967. The van der Waals surface area contributed by atoms with Crippen LogP contribution in [0, 0.1) is 6.92 Å². The van der Waals surface area contributed by atoms with Gasteiger partial charge in [-0.1, -0.05) is 0 Å². The van der Waals surface area contributed by atoms with Crippen molar-refractivity contribution in [2.45, 2.75) is 32.4 Å². The third-order valence-electron chi connectivity index (χ3n) is 2.62. The van der Waals surface area contributed by atoms with E-state index in [9.17, 15) is 4.79 Å². The van der Waals surface area contributed by atoms with Gasteiger partial charge in [-0.15, -0.1) is 0 Å². The predicted octanol–water partition coefficient (Wildman–Crippen LogP) is 0.246. The minimum absolute atomic E-state index is 0.143. The smallest absolute Gasteiger partial charge is 0.327 e. The Balaban J connectivity index is 2.19. The van der Waals surface area contributed by atoms with Crippen LogP contribution in [-0.4, -0.2) is 22.3 Å². The maximum Gasteiger partial charge on any atom is 0.327 e. The molecule has 1 saturated heterocycles. The first-order chi connectivity index (χ1) is 6.68. The Morgan fingerprint density at radius 2 is 2.50 bits per heavy atom. The van der Waals surface area contributed by atoms with Crippen LogP contribution < -0.4 is 11.4 Å². The molecule has 3 N–H and O–H groups in total. The molecule has 78 valence electrons. The van der Waals surface area contributed by atoms with E-state index in [1.54, 1.807) is 11.5 Å². The van der Waals surface area contributed by atoms with Gasteiger partial charge >= 0.3 is 5.69 Å². The number of hydrogen-bond acceptors (Lipinski definition) is 3. The average Bonchev–Trinajstić information content (AvgIpc) is 2.71. The molecule has 1 unspecified atom stereocenters. The first-order valence-corrected chi connectivity index (χ1v) is 4.85. The van der Waals surface area contributed by atoms with E-state index >= 15 is 0 Å². The van der Waals surface area contributed by atoms with Gasteiger partial charge in [0.05, 0.1) is 18.3 Å². The SMILES string of the molecule is Cc1[nH]c(=O)n(CC2CCCO2)c1N. The maximum absolute atomic E-state index is 11.4. The summed E-state index contributed by atoms with van der Waals surface area (Å²) in [5.74, 6) is 0.519. The lowest BCUT2D eigenvalue weighted by Crippen LogP contribution is -2.25. The zero-order valence-corrected chi connectivity index (χ0v) is 8.25. The number of aromatic nitrogens is 2. The predicted molar refractivity (Wildman–Crippen MR) is 53.2 cm³/mol. The zero-order valence-electron chi connectivity index (χ0n) is 8.25.